The van der Waals surface area contributed by atoms with Gasteiger partial charge < -0.3 is 15.4 Å². The van der Waals surface area contributed by atoms with Crippen LogP contribution >= 0.6 is 35.6 Å². The molecule has 7 nitrogen and oxygen atoms in total. The molecular formula is C22H28ClIN4O3. The van der Waals surface area contributed by atoms with E-state index in [1.54, 1.807) is 12.1 Å². The maximum Gasteiger partial charge on any atom is 0.233 e. The van der Waals surface area contributed by atoms with Crippen molar-refractivity contribution >= 4 is 53.4 Å². The van der Waals surface area contributed by atoms with Crippen molar-refractivity contribution in [2.75, 3.05) is 32.8 Å². The van der Waals surface area contributed by atoms with Gasteiger partial charge in [0, 0.05) is 18.1 Å². The number of ether oxygens (including phenoxy) is 1. The fourth-order valence-corrected chi connectivity index (χ4v) is 4.78. The molecule has 3 aliphatic rings. The number of hydrogen-bond donors (Lipinski definition) is 2. The number of imide groups is 1. The highest BCUT2D eigenvalue weighted by Gasteiger charge is 2.58. The van der Waals surface area contributed by atoms with Gasteiger partial charge in [0.2, 0.25) is 11.8 Å². The average Bonchev–Trinajstić information content (AvgIpc) is 3.42. The van der Waals surface area contributed by atoms with Crippen LogP contribution in [0.25, 0.3) is 0 Å². The second kappa shape index (κ2) is 10.7. The van der Waals surface area contributed by atoms with E-state index in [1.807, 2.05) is 19.1 Å². The highest BCUT2D eigenvalue weighted by atomic mass is 127. The topological polar surface area (TPSA) is 83.0 Å². The van der Waals surface area contributed by atoms with Crippen LogP contribution in [-0.4, -0.2) is 55.5 Å². The summed E-state index contributed by atoms with van der Waals surface area (Å²) in [4.78, 5) is 31.4. The first-order valence-corrected chi connectivity index (χ1v) is 10.9. The van der Waals surface area contributed by atoms with Gasteiger partial charge in [0.15, 0.2) is 5.96 Å². The summed E-state index contributed by atoms with van der Waals surface area (Å²) < 4.78 is 5.66. The Balaban J connectivity index is 0.00000272. The molecule has 0 aromatic heterocycles. The van der Waals surface area contributed by atoms with Gasteiger partial charge in [0.05, 0.1) is 24.9 Å². The maximum atomic E-state index is 12.7. The van der Waals surface area contributed by atoms with E-state index in [2.05, 4.69) is 27.8 Å². The Morgan fingerprint density at radius 2 is 1.77 bits per heavy atom. The Morgan fingerprint density at radius 1 is 1.13 bits per heavy atom. The van der Waals surface area contributed by atoms with E-state index in [0.29, 0.717) is 43.8 Å². The number of hydrogen-bond acceptors (Lipinski definition) is 4. The number of likely N-dealkylation sites (tertiary alicyclic amines) is 1. The third-order valence-electron chi connectivity index (χ3n) is 5.98. The second-order valence-electron chi connectivity index (χ2n) is 7.82. The molecule has 0 radical (unpaired) electrons. The van der Waals surface area contributed by atoms with Crippen LogP contribution in [0.3, 0.4) is 0 Å². The minimum atomic E-state index is -0.146. The summed E-state index contributed by atoms with van der Waals surface area (Å²) in [5.41, 5.74) is 0. The lowest BCUT2D eigenvalue weighted by Crippen LogP contribution is -2.40. The fourth-order valence-electron chi connectivity index (χ4n) is 4.66. The summed E-state index contributed by atoms with van der Waals surface area (Å²) in [7, 11) is 0. The molecule has 2 bridgehead atoms. The van der Waals surface area contributed by atoms with Crippen molar-refractivity contribution in [1.82, 2.24) is 15.5 Å². The van der Waals surface area contributed by atoms with E-state index in [-0.39, 0.29) is 59.5 Å². The summed E-state index contributed by atoms with van der Waals surface area (Å²) in [5, 5.41) is 7.04. The van der Waals surface area contributed by atoms with Gasteiger partial charge in [-0.2, -0.15) is 0 Å². The zero-order valence-corrected chi connectivity index (χ0v) is 20.5. The molecule has 2 fully saturated rings. The van der Waals surface area contributed by atoms with Crippen LogP contribution in [0.4, 0.5) is 0 Å². The van der Waals surface area contributed by atoms with Crippen molar-refractivity contribution in [3.05, 3.63) is 41.4 Å². The van der Waals surface area contributed by atoms with E-state index in [4.69, 9.17) is 16.3 Å². The van der Waals surface area contributed by atoms with Crippen molar-refractivity contribution in [2.24, 2.45) is 28.7 Å². The number of amides is 2. The monoisotopic (exact) mass is 558 g/mol. The largest absolute Gasteiger partial charge is 0.492 e. The summed E-state index contributed by atoms with van der Waals surface area (Å²) in [6.45, 7) is 4.42. The number of carbonyl (C=O) groups excluding carboxylic acids is 2. The second-order valence-corrected chi connectivity index (χ2v) is 8.25. The van der Waals surface area contributed by atoms with Gasteiger partial charge in [-0.1, -0.05) is 23.8 Å². The molecule has 168 valence electrons. The minimum absolute atomic E-state index is 0. The normalized spacial score (nSPS) is 26.1. The smallest absolute Gasteiger partial charge is 0.233 e. The lowest BCUT2D eigenvalue weighted by Gasteiger charge is -2.17. The number of benzene rings is 1. The SMILES string of the molecule is CCNC(=NCCN1C(=O)C2C3C=CC(C3)C2C1=O)NCCOc1ccc(Cl)cc1.I. The lowest BCUT2D eigenvalue weighted by atomic mass is 9.85. The Hall–Kier alpha value is -1.81. The van der Waals surface area contributed by atoms with E-state index in [0.717, 1.165) is 12.2 Å². The molecular weight excluding hydrogens is 531 g/mol. The summed E-state index contributed by atoms with van der Waals surface area (Å²) >= 11 is 5.87. The van der Waals surface area contributed by atoms with Crippen molar-refractivity contribution in [1.29, 1.82) is 0 Å². The van der Waals surface area contributed by atoms with Gasteiger partial charge in [-0.15, -0.1) is 24.0 Å². The Kier molecular flexibility index (Phi) is 8.21. The van der Waals surface area contributed by atoms with Crippen LogP contribution in [0, 0.1) is 23.7 Å². The van der Waals surface area contributed by atoms with Crippen LogP contribution in [0.1, 0.15) is 13.3 Å². The van der Waals surface area contributed by atoms with E-state index in [9.17, 15) is 9.59 Å². The molecule has 2 amide bonds. The standard InChI is InChI=1S/C22H27ClN4O3.HI/c1-2-24-22(26-10-12-30-17-7-5-16(23)6-8-17)25-9-11-27-20(28)18-14-3-4-15(13-14)19(18)21(27)29;/h3-8,14-15,18-19H,2,9-13H2,1H3,(H2,24,25,26);1H. The highest BCUT2D eigenvalue weighted by Crippen LogP contribution is 2.52. The Labute approximate surface area is 204 Å². The predicted molar refractivity (Wildman–Crippen MR) is 131 cm³/mol. The molecule has 4 atom stereocenters. The summed E-state index contributed by atoms with van der Waals surface area (Å²) in [6.07, 6.45) is 5.17. The molecule has 1 saturated heterocycles. The molecule has 1 aromatic rings. The molecule has 2 aliphatic carbocycles. The van der Waals surface area contributed by atoms with Gasteiger partial charge >= 0.3 is 0 Å². The van der Waals surface area contributed by atoms with Crippen molar-refractivity contribution < 1.29 is 14.3 Å². The number of nitrogens with one attached hydrogen (secondary N) is 2. The zero-order valence-electron chi connectivity index (χ0n) is 17.4. The number of nitrogens with zero attached hydrogens (tertiary/aromatic N) is 2. The molecule has 1 aliphatic heterocycles. The Morgan fingerprint density at radius 3 is 2.39 bits per heavy atom. The van der Waals surface area contributed by atoms with Crippen LogP contribution < -0.4 is 15.4 Å². The van der Waals surface area contributed by atoms with Gasteiger partial charge in [-0.3, -0.25) is 19.5 Å². The molecule has 4 rings (SSSR count). The summed E-state index contributed by atoms with van der Waals surface area (Å²) in [5.74, 6) is 1.54. The lowest BCUT2D eigenvalue weighted by molar-refractivity contribution is -0.140. The molecule has 31 heavy (non-hydrogen) atoms. The highest BCUT2D eigenvalue weighted by molar-refractivity contribution is 14.0. The number of aliphatic imine (C=N–C) groups is 1. The zero-order chi connectivity index (χ0) is 21.1. The molecule has 4 unspecified atom stereocenters. The van der Waals surface area contributed by atoms with E-state index >= 15 is 0 Å². The van der Waals surface area contributed by atoms with Crippen LogP contribution in [0.15, 0.2) is 41.4 Å². The first kappa shape index (κ1) is 23.8. The van der Waals surface area contributed by atoms with Crippen molar-refractivity contribution in [3.63, 3.8) is 0 Å². The van der Waals surface area contributed by atoms with Gasteiger partial charge in [-0.25, -0.2) is 0 Å². The number of allylic oxidation sites excluding steroid dienone is 2. The van der Waals surface area contributed by atoms with Gasteiger partial charge in [-0.05, 0) is 49.4 Å². The van der Waals surface area contributed by atoms with Crippen LogP contribution in [0.5, 0.6) is 5.75 Å². The van der Waals surface area contributed by atoms with Gasteiger partial charge in [0.25, 0.3) is 0 Å². The quantitative estimate of drug-likeness (QED) is 0.128. The summed E-state index contributed by atoms with van der Waals surface area (Å²) in [6, 6.07) is 7.21. The maximum absolute atomic E-state index is 12.7. The molecule has 2 N–H and O–H groups in total. The van der Waals surface area contributed by atoms with Crippen LogP contribution in [-0.2, 0) is 9.59 Å². The van der Waals surface area contributed by atoms with Crippen molar-refractivity contribution in [3.8, 4) is 5.75 Å². The molecule has 9 heteroatoms. The molecule has 0 spiro atoms. The number of guanidine groups is 1. The van der Waals surface area contributed by atoms with Crippen molar-refractivity contribution in [2.45, 2.75) is 13.3 Å². The fraction of sp³-hybridized carbons (Fsp3) is 0.500. The minimum Gasteiger partial charge on any atom is -0.492 e. The third-order valence-corrected chi connectivity index (χ3v) is 6.23. The van der Waals surface area contributed by atoms with Crippen LogP contribution in [0.2, 0.25) is 5.02 Å². The number of rotatable bonds is 8. The third kappa shape index (κ3) is 5.16. The first-order chi connectivity index (χ1) is 14.6. The average molecular weight is 559 g/mol. The van der Waals surface area contributed by atoms with E-state index in [1.165, 1.54) is 4.90 Å². The van der Waals surface area contributed by atoms with E-state index < -0.39 is 0 Å². The first-order valence-electron chi connectivity index (χ1n) is 10.5. The molecule has 1 heterocycles. The molecule has 1 aromatic carbocycles. The predicted octanol–water partition coefficient (Wildman–Crippen LogP) is 2.70. The Bertz CT molecular complexity index is 831. The number of fused-ring (bicyclic) bond motifs is 5. The number of carbonyl (C=O) groups is 2. The molecule has 1 saturated carbocycles. The van der Waals surface area contributed by atoms with Gasteiger partial charge in [0.1, 0.15) is 12.4 Å². The number of halogens is 2.